The van der Waals surface area contributed by atoms with Crippen LogP contribution < -0.4 is 26.4 Å². The molecule has 5 rings (SSSR count). The highest BCUT2D eigenvalue weighted by Crippen LogP contribution is 2.33. The summed E-state index contributed by atoms with van der Waals surface area (Å²) >= 11 is 0. The number of carbonyl (C=O) groups excluding carboxylic acids is 1. The molecule has 4 heterocycles. The minimum atomic E-state index is -1.43. The molecule has 1 aromatic carbocycles. The molecule has 184 valence electrons. The monoisotopic (exact) mass is 484 g/mol. The number of ether oxygens (including phenoxy) is 3. The smallest absolute Gasteiger partial charge is 0.247 e. The molecule has 0 saturated carbocycles. The molecule has 0 spiro atoms. The zero-order chi connectivity index (χ0) is 24.5. The number of nitrogen functional groups attached to an aromatic ring is 1. The molecule has 0 amide bonds. The number of aliphatic hydroxyl groups is 2. The lowest BCUT2D eigenvalue weighted by Gasteiger charge is -2.18. The van der Waals surface area contributed by atoms with Crippen molar-refractivity contribution in [2.45, 2.75) is 31.0 Å². The highest BCUT2D eigenvalue weighted by atomic mass is 16.6. The molecular formula is C21H24N8O6. The van der Waals surface area contributed by atoms with Crippen molar-refractivity contribution in [2.24, 2.45) is 10.8 Å². The van der Waals surface area contributed by atoms with E-state index in [4.69, 9.17) is 25.7 Å². The Balaban J connectivity index is 1.37. The van der Waals surface area contributed by atoms with E-state index < -0.39 is 30.3 Å². The Morgan fingerprint density at radius 1 is 1.23 bits per heavy atom. The van der Waals surface area contributed by atoms with Gasteiger partial charge in [0.15, 0.2) is 35.0 Å². The van der Waals surface area contributed by atoms with Crippen LogP contribution in [0.1, 0.15) is 18.2 Å². The number of rotatable bonds is 7. The number of benzene rings is 1. The van der Waals surface area contributed by atoms with Crippen molar-refractivity contribution in [3.05, 3.63) is 30.1 Å². The van der Waals surface area contributed by atoms with E-state index in [1.807, 2.05) is 6.07 Å². The number of nitrogens with one attached hydrogen (secondary N) is 1. The van der Waals surface area contributed by atoms with Gasteiger partial charge in [0.2, 0.25) is 5.95 Å². The molecule has 0 bridgehead atoms. The third-order valence-corrected chi connectivity index (χ3v) is 5.61. The zero-order valence-electron chi connectivity index (χ0n) is 18.4. The van der Waals surface area contributed by atoms with Crippen LogP contribution in [0.5, 0.6) is 11.5 Å². The third-order valence-electron chi connectivity index (χ3n) is 5.61. The Bertz CT molecular complexity index is 1280. The lowest BCUT2D eigenvalue weighted by atomic mass is 10.0. The topological polar surface area (TPSA) is 205 Å². The summed E-state index contributed by atoms with van der Waals surface area (Å²) in [5, 5.41) is 25.0. The van der Waals surface area contributed by atoms with E-state index in [0.29, 0.717) is 24.7 Å². The van der Waals surface area contributed by atoms with Gasteiger partial charge in [-0.2, -0.15) is 15.1 Å². The fraction of sp³-hybridized carbons (Fsp3) is 0.381. The quantitative estimate of drug-likeness (QED) is 0.206. The summed E-state index contributed by atoms with van der Waals surface area (Å²) in [6, 6.07) is 5.40. The van der Waals surface area contributed by atoms with Gasteiger partial charge in [-0.1, -0.05) is 0 Å². The molecular weight excluding hydrogens is 460 g/mol. The van der Waals surface area contributed by atoms with Crippen molar-refractivity contribution < 1.29 is 29.2 Å². The lowest BCUT2D eigenvalue weighted by molar-refractivity contribution is -0.135. The van der Waals surface area contributed by atoms with Crippen LogP contribution in [0.25, 0.3) is 11.2 Å². The van der Waals surface area contributed by atoms with Crippen LogP contribution in [-0.2, 0) is 9.53 Å². The normalized spacial score (nSPS) is 23.7. The minimum Gasteiger partial charge on any atom is -0.486 e. The van der Waals surface area contributed by atoms with E-state index in [1.165, 1.54) is 10.9 Å². The predicted octanol–water partition coefficient (Wildman–Crippen LogP) is -0.837. The molecule has 2 aromatic heterocycles. The molecule has 35 heavy (non-hydrogen) atoms. The van der Waals surface area contributed by atoms with Gasteiger partial charge in [0.1, 0.15) is 37.0 Å². The summed E-state index contributed by atoms with van der Waals surface area (Å²) in [4.78, 5) is 24.9. The number of fused-ring (bicyclic) bond motifs is 2. The molecule has 2 aliphatic rings. The summed E-state index contributed by atoms with van der Waals surface area (Å²) in [5.74, 6) is 1.02. The van der Waals surface area contributed by atoms with Crippen LogP contribution in [0.4, 0.5) is 11.8 Å². The molecule has 1 saturated heterocycles. The van der Waals surface area contributed by atoms with Crippen molar-refractivity contribution in [1.29, 1.82) is 0 Å². The number of aromatic nitrogens is 4. The maximum Gasteiger partial charge on any atom is 0.247 e. The highest BCUT2D eigenvalue weighted by Gasteiger charge is 2.47. The molecule has 2 aliphatic heterocycles. The van der Waals surface area contributed by atoms with Crippen molar-refractivity contribution in [3.8, 4) is 11.5 Å². The van der Waals surface area contributed by atoms with E-state index in [1.54, 1.807) is 18.3 Å². The summed E-state index contributed by atoms with van der Waals surface area (Å²) in [7, 11) is 0. The molecule has 7 N–H and O–H groups in total. The summed E-state index contributed by atoms with van der Waals surface area (Å²) < 4.78 is 18.1. The first-order valence-corrected chi connectivity index (χ1v) is 10.9. The number of Topliss-reactive ketones (excluding diaryl/α,β-unsaturated/α-hetero) is 1. The molecule has 4 atom stereocenters. The number of hydrogen-bond acceptors (Lipinski definition) is 13. The van der Waals surface area contributed by atoms with Gasteiger partial charge in [-0.3, -0.25) is 9.36 Å². The SMILES string of the molecule is NCCC(=O)[C@H]1O[C@@H](n2cnc3c(N)nc(N/N=C/c4ccc5c(c4)OCCO5)nc32)[C@H](O)[C@@H]1O. The number of ketones is 1. The summed E-state index contributed by atoms with van der Waals surface area (Å²) in [6.45, 7) is 1.09. The number of carbonyl (C=O) groups is 1. The van der Waals surface area contributed by atoms with Crippen LogP contribution in [0.2, 0.25) is 0 Å². The first-order valence-electron chi connectivity index (χ1n) is 10.9. The Kier molecular flexibility index (Phi) is 6.17. The van der Waals surface area contributed by atoms with Crippen LogP contribution in [0.15, 0.2) is 29.6 Å². The Hall–Kier alpha value is -3.85. The van der Waals surface area contributed by atoms with Crippen LogP contribution in [0, 0.1) is 0 Å². The predicted molar refractivity (Wildman–Crippen MR) is 123 cm³/mol. The largest absolute Gasteiger partial charge is 0.486 e. The lowest BCUT2D eigenvalue weighted by Crippen LogP contribution is -2.36. The Morgan fingerprint density at radius 3 is 2.83 bits per heavy atom. The molecule has 0 aliphatic carbocycles. The third kappa shape index (κ3) is 4.35. The molecule has 0 unspecified atom stereocenters. The van der Waals surface area contributed by atoms with Crippen molar-refractivity contribution in [1.82, 2.24) is 19.5 Å². The Labute approximate surface area is 198 Å². The second kappa shape index (κ2) is 9.42. The average Bonchev–Trinajstić information content (AvgIpc) is 3.40. The number of aliphatic hydroxyl groups excluding tert-OH is 2. The van der Waals surface area contributed by atoms with Crippen LogP contribution >= 0.6 is 0 Å². The van der Waals surface area contributed by atoms with Crippen LogP contribution in [0.3, 0.4) is 0 Å². The summed E-state index contributed by atoms with van der Waals surface area (Å²) in [5.41, 5.74) is 15.4. The van der Waals surface area contributed by atoms with Gasteiger partial charge in [0, 0.05) is 6.42 Å². The fourth-order valence-electron chi connectivity index (χ4n) is 3.92. The standard InChI is InChI=1S/C21H24N8O6/c22-4-3-11(30)17-15(31)16(32)20(35-17)29-9-24-14-18(23)26-21(27-19(14)29)28-25-8-10-1-2-12-13(7-10)34-6-5-33-12/h1-2,7-9,15-17,20,31-32H,3-6,22H2,(H3,23,26,27,28)/b25-8+/t15-,16+,17+,20+/m0/s1. The molecule has 14 heteroatoms. The number of hydrazone groups is 1. The van der Waals surface area contributed by atoms with E-state index >= 15 is 0 Å². The fourth-order valence-corrected chi connectivity index (χ4v) is 3.92. The first-order chi connectivity index (χ1) is 17.0. The number of anilines is 2. The van der Waals surface area contributed by atoms with Gasteiger partial charge < -0.3 is 35.9 Å². The van der Waals surface area contributed by atoms with Crippen molar-refractivity contribution in [3.63, 3.8) is 0 Å². The highest BCUT2D eigenvalue weighted by molar-refractivity contribution is 5.85. The van der Waals surface area contributed by atoms with Crippen LogP contribution in [-0.4, -0.2) is 79.8 Å². The molecule has 3 aromatic rings. The van der Waals surface area contributed by atoms with E-state index in [-0.39, 0.29) is 35.9 Å². The van der Waals surface area contributed by atoms with Gasteiger partial charge in [0.05, 0.1) is 12.5 Å². The average molecular weight is 484 g/mol. The second-order valence-electron chi connectivity index (χ2n) is 7.96. The summed E-state index contributed by atoms with van der Waals surface area (Å²) in [6.07, 6.45) is -2.27. The maximum absolute atomic E-state index is 12.2. The minimum absolute atomic E-state index is 0.0103. The number of nitrogens with two attached hydrogens (primary N) is 2. The van der Waals surface area contributed by atoms with E-state index in [2.05, 4.69) is 25.5 Å². The second-order valence-corrected chi connectivity index (χ2v) is 7.96. The van der Waals surface area contributed by atoms with Gasteiger partial charge in [-0.15, -0.1) is 0 Å². The van der Waals surface area contributed by atoms with Gasteiger partial charge >= 0.3 is 0 Å². The number of hydrogen-bond donors (Lipinski definition) is 5. The van der Waals surface area contributed by atoms with Crippen molar-refractivity contribution >= 4 is 34.9 Å². The zero-order valence-corrected chi connectivity index (χ0v) is 18.4. The molecule has 0 radical (unpaired) electrons. The maximum atomic E-state index is 12.2. The van der Waals surface area contributed by atoms with E-state index in [0.717, 1.165) is 5.56 Å². The number of imidazole rings is 1. The van der Waals surface area contributed by atoms with Gasteiger partial charge in [-0.05, 0) is 30.3 Å². The molecule has 14 nitrogen and oxygen atoms in total. The van der Waals surface area contributed by atoms with Crippen molar-refractivity contribution in [2.75, 3.05) is 30.9 Å². The van der Waals surface area contributed by atoms with E-state index in [9.17, 15) is 15.0 Å². The number of nitrogens with zero attached hydrogens (tertiary/aromatic N) is 5. The molecule has 1 fully saturated rings. The first kappa shape index (κ1) is 22.9. The van der Waals surface area contributed by atoms with Gasteiger partial charge in [0.25, 0.3) is 0 Å². The Morgan fingerprint density at radius 2 is 2.03 bits per heavy atom. The van der Waals surface area contributed by atoms with Gasteiger partial charge in [-0.25, -0.2) is 10.4 Å².